The molecule has 0 aliphatic carbocycles. The number of ketones is 1. The molecule has 0 radical (unpaired) electrons. The van der Waals surface area contributed by atoms with Crippen molar-refractivity contribution in [2.24, 2.45) is 0 Å². The van der Waals surface area contributed by atoms with E-state index >= 15 is 0 Å². The van der Waals surface area contributed by atoms with E-state index < -0.39 is 11.9 Å². The predicted molar refractivity (Wildman–Crippen MR) is 84.3 cm³/mol. The lowest BCUT2D eigenvalue weighted by atomic mass is 10.0. The normalized spacial score (nSPS) is 12.0. The Morgan fingerprint density at radius 1 is 1.24 bits per heavy atom. The lowest BCUT2D eigenvalue weighted by Gasteiger charge is -2.15. The van der Waals surface area contributed by atoms with Crippen LogP contribution in [-0.4, -0.2) is 11.9 Å². The van der Waals surface area contributed by atoms with Gasteiger partial charge < -0.3 is 4.74 Å². The topological polar surface area (TPSA) is 26.3 Å². The lowest BCUT2D eigenvalue weighted by molar-refractivity contribution is 0.0816. The zero-order valence-electron chi connectivity index (χ0n) is 11.9. The Balaban J connectivity index is 2.13. The smallest absolute Gasteiger partial charge is 0.202 e. The van der Waals surface area contributed by atoms with Crippen LogP contribution >= 0.6 is 15.9 Å². The molecule has 0 spiro atoms. The van der Waals surface area contributed by atoms with Gasteiger partial charge in [-0.3, -0.25) is 4.79 Å². The van der Waals surface area contributed by atoms with E-state index in [-0.39, 0.29) is 5.78 Å². The Kier molecular flexibility index (Phi) is 5.12. The minimum atomic E-state index is -0.685. The number of halogens is 2. The summed E-state index contributed by atoms with van der Waals surface area (Å²) in [6.45, 7) is 3.72. The van der Waals surface area contributed by atoms with E-state index in [0.717, 1.165) is 6.42 Å². The molecule has 0 N–H and O–H groups in total. The van der Waals surface area contributed by atoms with Crippen molar-refractivity contribution < 1.29 is 13.9 Å². The SMILES string of the molecule is CCc1ccc(C(=O)C(C)Oc2cc(F)ccc2Br)cc1. The summed E-state index contributed by atoms with van der Waals surface area (Å²) in [5.74, 6) is -0.213. The summed E-state index contributed by atoms with van der Waals surface area (Å²) in [7, 11) is 0. The molecule has 1 unspecified atom stereocenters. The summed E-state index contributed by atoms with van der Waals surface area (Å²) in [5.41, 5.74) is 1.76. The number of hydrogen-bond acceptors (Lipinski definition) is 2. The third kappa shape index (κ3) is 3.91. The van der Waals surface area contributed by atoms with Crippen molar-refractivity contribution in [1.29, 1.82) is 0 Å². The first-order valence-electron chi connectivity index (χ1n) is 6.76. The molecule has 2 nitrogen and oxygen atoms in total. The Morgan fingerprint density at radius 2 is 1.90 bits per heavy atom. The maximum absolute atomic E-state index is 13.2. The van der Waals surface area contributed by atoms with E-state index in [0.29, 0.717) is 15.8 Å². The molecule has 0 aliphatic rings. The second-order valence-corrected chi connectivity index (χ2v) is 5.60. The third-order valence-corrected chi connectivity index (χ3v) is 3.87. The Labute approximate surface area is 132 Å². The largest absolute Gasteiger partial charge is 0.481 e. The minimum Gasteiger partial charge on any atom is -0.481 e. The van der Waals surface area contributed by atoms with Crippen molar-refractivity contribution in [1.82, 2.24) is 0 Å². The predicted octanol–water partition coefficient (Wildman–Crippen LogP) is 4.80. The number of aryl methyl sites for hydroxylation is 1. The highest BCUT2D eigenvalue weighted by atomic mass is 79.9. The van der Waals surface area contributed by atoms with E-state index in [2.05, 4.69) is 22.9 Å². The zero-order chi connectivity index (χ0) is 15.4. The van der Waals surface area contributed by atoms with Gasteiger partial charge in [0.1, 0.15) is 11.6 Å². The molecule has 0 saturated carbocycles. The average molecular weight is 351 g/mol. The Morgan fingerprint density at radius 3 is 2.52 bits per heavy atom. The average Bonchev–Trinajstić information content (AvgIpc) is 2.50. The van der Waals surface area contributed by atoms with Gasteiger partial charge in [-0.25, -0.2) is 4.39 Å². The molecule has 2 aromatic rings. The van der Waals surface area contributed by atoms with Gasteiger partial charge in [0.05, 0.1) is 4.47 Å². The summed E-state index contributed by atoms with van der Waals surface area (Å²) in [6.07, 6.45) is 0.243. The number of carbonyl (C=O) groups is 1. The van der Waals surface area contributed by atoms with Gasteiger partial charge in [-0.05, 0) is 47.0 Å². The molecule has 0 bridgehead atoms. The molecule has 1 atom stereocenters. The van der Waals surface area contributed by atoms with Crippen LogP contribution in [0.25, 0.3) is 0 Å². The molecule has 21 heavy (non-hydrogen) atoms. The molecule has 0 saturated heterocycles. The standard InChI is InChI=1S/C17H16BrFO2/c1-3-12-4-6-13(7-5-12)17(20)11(2)21-16-10-14(19)8-9-15(16)18/h4-11H,3H2,1-2H3. The monoisotopic (exact) mass is 350 g/mol. The van der Waals surface area contributed by atoms with Gasteiger partial charge in [-0.2, -0.15) is 0 Å². The first kappa shape index (κ1) is 15.7. The molecule has 0 fully saturated rings. The van der Waals surface area contributed by atoms with Crippen LogP contribution in [0, 0.1) is 5.82 Å². The van der Waals surface area contributed by atoms with Crippen LogP contribution < -0.4 is 4.74 Å². The Hall–Kier alpha value is -1.68. The van der Waals surface area contributed by atoms with Crippen molar-refractivity contribution in [3.05, 3.63) is 63.9 Å². The number of hydrogen-bond donors (Lipinski definition) is 0. The van der Waals surface area contributed by atoms with E-state index in [1.165, 1.54) is 17.7 Å². The second kappa shape index (κ2) is 6.85. The summed E-state index contributed by atoms with van der Waals surface area (Å²) in [6, 6.07) is 11.6. The number of carbonyl (C=O) groups excluding carboxylic acids is 1. The highest BCUT2D eigenvalue weighted by Gasteiger charge is 2.18. The number of rotatable bonds is 5. The number of benzene rings is 2. The molecule has 0 heterocycles. The van der Waals surface area contributed by atoms with Crippen molar-refractivity contribution >= 4 is 21.7 Å². The summed E-state index contributed by atoms with van der Waals surface area (Å²) < 4.78 is 19.4. The molecule has 0 aliphatic heterocycles. The molecule has 2 rings (SSSR count). The van der Waals surface area contributed by atoms with E-state index in [9.17, 15) is 9.18 Å². The van der Waals surface area contributed by atoms with Crippen LogP contribution in [-0.2, 0) is 6.42 Å². The van der Waals surface area contributed by atoms with Gasteiger partial charge in [0.25, 0.3) is 0 Å². The van der Waals surface area contributed by atoms with E-state index in [1.807, 2.05) is 12.1 Å². The van der Waals surface area contributed by atoms with Crippen molar-refractivity contribution in [3.63, 3.8) is 0 Å². The fourth-order valence-electron chi connectivity index (χ4n) is 1.95. The van der Waals surface area contributed by atoms with E-state index in [1.54, 1.807) is 25.1 Å². The molecule has 110 valence electrons. The molecule has 0 amide bonds. The third-order valence-electron chi connectivity index (χ3n) is 3.21. The zero-order valence-corrected chi connectivity index (χ0v) is 13.5. The van der Waals surface area contributed by atoms with Gasteiger partial charge in [-0.15, -0.1) is 0 Å². The quantitative estimate of drug-likeness (QED) is 0.724. The maximum Gasteiger partial charge on any atom is 0.202 e. The van der Waals surface area contributed by atoms with Crippen molar-refractivity contribution in [2.75, 3.05) is 0 Å². The van der Waals surface area contributed by atoms with Crippen molar-refractivity contribution in [3.8, 4) is 5.75 Å². The molecule has 2 aromatic carbocycles. The maximum atomic E-state index is 13.2. The van der Waals surface area contributed by atoms with Gasteiger partial charge in [0, 0.05) is 11.6 Å². The molecule has 4 heteroatoms. The van der Waals surface area contributed by atoms with E-state index in [4.69, 9.17) is 4.74 Å². The first-order chi connectivity index (χ1) is 10.0. The summed E-state index contributed by atoms with van der Waals surface area (Å²) in [5, 5.41) is 0. The van der Waals surface area contributed by atoms with Crippen LogP contribution in [0.5, 0.6) is 5.75 Å². The second-order valence-electron chi connectivity index (χ2n) is 4.75. The highest BCUT2D eigenvalue weighted by Crippen LogP contribution is 2.27. The first-order valence-corrected chi connectivity index (χ1v) is 7.55. The van der Waals surface area contributed by atoms with Gasteiger partial charge in [-0.1, -0.05) is 31.2 Å². The van der Waals surface area contributed by atoms with Gasteiger partial charge in [0.2, 0.25) is 5.78 Å². The Bertz CT molecular complexity index is 638. The van der Waals surface area contributed by atoms with Crippen molar-refractivity contribution in [2.45, 2.75) is 26.4 Å². The minimum absolute atomic E-state index is 0.131. The van der Waals surface area contributed by atoms with Gasteiger partial charge >= 0.3 is 0 Å². The fraction of sp³-hybridized carbons (Fsp3) is 0.235. The van der Waals surface area contributed by atoms with Crippen LogP contribution in [0.15, 0.2) is 46.9 Å². The number of ether oxygens (including phenoxy) is 1. The van der Waals surface area contributed by atoms with Crippen LogP contribution in [0.2, 0.25) is 0 Å². The number of Topliss-reactive ketones (excluding diaryl/α,β-unsaturated/α-hetero) is 1. The summed E-state index contributed by atoms with van der Waals surface area (Å²) in [4.78, 5) is 12.3. The van der Waals surface area contributed by atoms with Crippen LogP contribution in [0.1, 0.15) is 29.8 Å². The van der Waals surface area contributed by atoms with Gasteiger partial charge in [0.15, 0.2) is 6.10 Å². The molecule has 0 aromatic heterocycles. The van der Waals surface area contributed by atoms with Crippen LogP contribution in [0.4, 0.5) is 4.39 Å². The molecular weight excluding hydrogens is 335 g/mol. The highest BCUT2D eigenvalue weighted by molar-refractivity contribution is 9.10. The lowest BCUT2D eigenvalue weighted by Crippen LogP contribution is -2.24. The molecular formula is C17H16BrFO2. The summed E-state index contributed by atoms with van der Waals surface area (Å²) >= 11 is 3.28. The fourth-order valence-corrected chi connectivity index (χ4v) is 2.29. The van der Waals surface area contributed by atoms with Crippen LogP contribution in [0.3, 0.4) is 0 Å².